The highest BCUT2D eigenvalue weighted by Crippen LogP contribution is 2.12. The topological polar surface area (TPSA) is 12.0 Å². The summed E-state index contributed by atoms with van der Waals surface area (Å²) in [5, 5.41) is 7.49. The average molecular weight is 151 g/mol. The molecule has 1 aliphatic heterocycles. The van der Waals surface area contributed by atoms with Crippen LogP contribution in [0.3, 0.4) is 0 Å². The molecular weight excluding hydrogens is 142 g/mol. The predicted octanol–water partition coefficient (Wildman–Crippen LogP) is 1.73. The zero-order valence-electron chi connectivity index (χ0n) is 5.63. The van der Waals surface area contributed by atoms with Crippen molar-refractivity contribution in [2.45, 2.75) is 0 Å². The van der Waals surface area contributed by atoms with Gasteiger partial charge in [0.25, 0.3) is 0 Å². The maximum absolute atomic E-state index is 3.21. The first-order chi connectivity index (χ1) is 4.95. The van der Waals surface area contributed by atoms with E-state index in [1.165, 1.54) is 11.1 Å². The molecule has 1 fully saturated rings. The van der Waals surface area contributed by atoms with Crippen LogP contribution in [-0.4, -0.2) is 13.1 Å². The van der Waals surface area contributed by atoms with Crippen molar-refractivity contribution in [2.24, 2.45) is 0 Å². The fourth-order valence-electron chi connectivity index (χ4n) is 0.964. The van der Waals surface area contributed by atoms with Crippen molar-refractivity contribution >= 4 is 17.4 Å². The minimum absolute atomic E-state index is 1.08. The van der Waals surface area contributed by atoms with E-state index in [1.807, 2.05) is 0 Å². The smallest absolute Gasteiger partial charge is 0.0183 e. The second-order valence-electron chi connectivity index (χ2n) is 2.46. The predicted molar refractivity (Wildman–Crippen MR) is 45.2 cm³/mol. The molecule has 1 nitrogen and oxygen atoms in total. The highest BCUT2D eigenvalue weighted by Gasteiger charge is 2.05. The summed E-state index contributed by atoms with van der Waals surface area (Å²) >= 11 is 1.75. The number of nitrogens with one attached hydrogen (secondary N) is 1. The third-order valence-corrected chi connectivity index (χ3v) is 2.32. The highest BCUT2D eigenvalue weighted by molar-refractivity contribution is 7.08. The molecule has 2 rings (SSSR count). The molecule has 0 saturated carbocycles. The normalized spacial score (nSPS) is 16.6. The number of hydrogen-bond acceptors (Lipinski definition) is 2. The monoisotopic (exact) mass is 151 g/mol. The molecule has 2 heteroatoms. The van der Waals surface area contributed by atoms with Crippen molar-refractivity contribution < 1.29 is 0 Å². The van der Waals surface area contributed by atoms with Crippen LogP contribution < -0.4 is 5.32 Å². The van der Waals surface area contributed by atoms with Crippen molar-refractivity contribution in [2.75, 3.05) is 13.1 Å². The Bertz CT molecular complexity index is 230. The summed E-state index contributed by atoms with van der Waals surface area (Å²) in [4.78, 5) is 0. The van der Waals surface area contributed by atoms with Gasteiger partial charge in [0.1, 0.15) is 0 Å². The van der Waals surface area contributed by atoms with Crippen LogP contribution in [0.5, 0.6) is 0 Å². The van der Waals surface area contributed by atoms with Crippen LogP contribution in [0.4, 0.5) is 0 Å². The van der Waals surface area contributed by atoms with Gasteiger partial charge in [0, 0.05) is 13.1 Å². The zero-order valence-corrected chi connectivity index (χ0v) is 6.45. The molecule has 1 aliphatic rings. The van der Waals surface area contributed by atoms with Crippen molar-refractivity contribution in [3.63, 3.8) is 0 Å². The van der Waals surface area contributed by atoms with E-state index in [2.05, 4.69) is 28.2 Å². The van der Waals surface area contributed by atoms with Gasteiger partial charge in [-0.3, -0.25) is 0 Å². The second kappa shape index (κ2) is 2.56. The molecule has 1 saturated heterocycles. The highest BCUT2D eigenvalue weighted by atomic mass is 32.1. The van der Waals surface area contributed by atoms with E-state index >= 15 is 0 Å². The lowest BCUT2D eigenvalue weighted by Gasteiger charge is -2.17. The fourth-order valence-corrected chi connectivity index (χ4v) is 1.58. The Morgan fingerprint density at radius 3 is 2.90 bits per heavy atom. The molecule has 0 amide bonds. The summed E-state index contributed by atoms with van der Waals surface area (Å²) in [6.07, 6.45) is 2.26. The molecule has 0 unspecified atom stereocenters. The van der Waals surface area contributed by atoms with Gasteiger partial charge in [-0.05, 0) is 28.0 Å². The number of hydrogen-bond donors (Lipinski definition) is 1. The molecule has 0 radical (unpaired) electrons. The van der Waals surface area contributed by atoms with Crippen LogP contribution in [0, 0.1) is 0 Å². The van der Waals surface area contributed by atoms with Gasteiger partial charge in [-0.1, -0.05) is 6.08 Å². The average Bonchev–Trinajstić information content (AvgIpc) is 2.29. The van der Waals surface area contributed by atoms with Crippen LogP contribution in [0.25, 0.3) is 6.08 Å². The van der Waals surface area contributed by atoms with E-state index in [1.54, 1.807) is 11.3 Å². The van der Waals surface area contributed by atoms with Crippen LogP contribution in [-0.2, 0) is 0 Å². The van der Waals surface area contributed by atoms with E-state index in [0.717, 1.165) is 13.1 Å². The molecule has 0 bridgehead atoms. The quantitative estimate of drug-likeness (QED) is 0.644. The summed E-state index contributed by atoms with van der Waals surface area (Å²) in [7, 11) is 0. The molecule has 2 heterocycles. The molecule has 1 N–H and O–H groups in total. The summed E-state index contributed by atoms with van der Waals surface area (Å²) in [6.45, 7) is 2.16. The molecule has 0 aromatic carbocycles. The Balaban J connectivity index is 2.15. The van der Waals surface area contributed by atoms with Gasteiger partial charge in [-0.15, -0.1) is 0 Å². The molecule has 1 aromatic rings. The van der Waals surface area contributed by atoms with Crippen molar-refractivity contribution in [3.05, 3.63) is 28.0 Å². The van der Waals surface area contributed by atoms with E-state index in [-0.39, 0.29) is 0 Å². The van der Waals surface area contributed by atoms with E-state index in [9.17, 15) is 0 Å². The maximum atomic E-state index is 3.21. The lowest BCUT2D eigenvalue weighted by atomic mass is 10.1. The van der Waals surface area contributed by atoms with Gasteiger partial charge in [0.2, 0.25) is 0 Å². The standard InChI is InChI=1S/C8H9NS/c1-2-10-6-7(1)3-8-4-9-5-8/h1-3,6,9H,4-5H2. The first-order valence-electron chi connectivity index (χ1n) is 3.37. The Morgan fingerprint density at radius 2 is 2.40 bits per heavy atom. The summed E-state index contributed by atoms with van der Waals surface area (Å²) in [5.41, 5.74) is 2.86. The molecule has 0 spiro atoms. The molecular formula is C8H9NS. The lowest BCUT2D eigenvalue weighted by Crippen LogP contribution is -2.33. The van der Waals surface area contributed by atoms with Crippen LogP contribution in [0.1, 0.15) is 5.56 Å². The SMILES string of the molecule is C(=C1CNC1)c1ccsc1. The molecule has 0 atom stereocenters. The van der Waals surface area contributed by atoms with Gasteiger partial charge in [-0.2, -0.15) is 11.3 Å². The molecule has 10 heavy (non-hydrogen) atoms. The van der Waals surface area contributed by atoms with Gasteiger partial charge < -0.3 is 5.32 Å². The van der Waals surface area contributed by atoms with Crippen molar-refractivity contribution in [1.82, 2.24) is 5.32 Å². The Hall–Kier alpha value is -0.600. The minimum atomic E-state index is 1.08. The third kappa shape index (κ3) is 1.13. The maximum Gasteiger partial charge on any atom is 0.0183 e. The summed E-state index contributed by atoms with van der Waals surface area (Å²) < 4.78 is 0. The fraction of sp³-hybridized carbons (Fsp3) is 0.250. The second-order valence-corrected chi connectivity index (χ2v) is 3.24. The van der Waals surface area contributed by atoms with Crippen LogP contribution in [0.15, 0.2) is 22.4 Å². The van der Waals surface area contributed by atoms with Gasteiger partial charge in [0.15, 0.2) is 0 Å². The largest absolute Gasteiger partial charge is 0.309 e. The van der Waals surface area contributed by atoms with Crippen molar-refractivity contribution in [3.8, 4) is 0 Å². The van der Waals surface area contributed by atoms with Gasteiger partial charge in [-0.25, -0.2) is 0 Å². The van der Waals surface area contributed by atoms with Crippen molar-refractivity contribution in [1.29, 1.82) is 0 Å². The summed E-state index contributed by atoms with van der Waals surface area (Å²) in [5.74, 6) is 0. The molecule has 0 aliphatic carbocycles. The summed E-state index contributed by atoms with van der Waals surface area (Å²) in [6, 6.07) is 2.15. The van der Waals surface area contributed by atoms with Crippen LogP contribution in [0.2, 0.25) is 0 Å². The van der Waals surface area contributed by atoms with Crippen LogP contribution >= 0.6 is 11.3 Å². The Morgan fingerprint density at radius 1 is 1.50 bits per heavy atom. The minimum Gasteiger partial charge on any atom is -0.309 e. The molecule has 52 valence electrons. The van der Waals surface area contributed by atoms with Gasteiger partial charge in [0.05, 0.1) is 0 Å². The van der Waals surface area contributed by atoms with E-state index < -0.39 is 0 Å². The molecule has 1 aromatic heterocycles. The third-order valence-electron chi connectivity index (χ3n) is 1.62. The first-order valence-corrected chi connectivity index (χ1v) is 4.32. The zero-order chi connectivity index (χ0) is 6.81. The first kappa shape index (κ1) is 6.13. The number of thiophene rings is 1. The Kier molecular flexibility index (Phi) is 1.57. The van der Waals surface area contributed by atoms with Gasteiger partial charge >= 0.3 is 0 Å². The Labute approximate surface area is 64.4 Å². The number of rotatable bonds is 1. The van der Waals surface area contributed by atoms with E-state index in [0.29, 0.717) is 0 Å². The lowest BCUT2D eigenvalue weighted by molar-refractivity contribution is 0.675. The van der Waals surface area contributed by atoms with E-state index in [4.69, 9.17) is 0 Å².